The third-order valence-corrected chi connectivity index (χ3v) is 3.65. The molecule has 0 fully saturated rings. The number of aromatic nitrogens is 2. The average molecular weight is 277 g/mol. The van der Waals surface area contributed by atoms with Crippen LogP contribution in [0.5, 0.6) is 0 Å². The lowest BCUT2D eigenvalue weighted by Crippen LogP contribution is -2.35. The van der Waals surface area contributed by atoms with Gasteiger partial charge in [-0.05, 0) is 17.7 Å². The van der Waals surface area contributed by atoms with Gasteiger partial charge in [-0.15, -0.1) is 0 Å². The van der Waals surface area contributed by atoms with Crippen molar-refractivity contribution < 1.29 is 0 Å². The van der Waals surface area contributed by atoms with E-state index in [4.69, 9.17) is 11.6 Å². The van der Waals surface area contributed by atoms with Crippen molar-refractivity contribution >= 4 is 17.4 Å². The summed E-state index contributed by atoms with van der Waals surface area (Å²) in [5.41, 5.74) is 1.26. The molecule has 0 amide bonds. The first kappa shape index (κ1) is 12.5. The highest BCUT2D eigenvalue weighted by Crippen LogP contribution is 2.15. The lowest BCUT2D eigenvalue weighted by molar-refractivity contribution is 0.391. The molecular weight excluding hydrogens is 260 g/mol. The van der Waals surface area contributed by atoms with E-state index in [1.807, 2.05) is 29.1 Å². The Hall–Kier alpha value is -1.52. The Morgan fingerprint density at radius 1 is 1.32 bits per heavy atom. The molecule has 0 unspecified atom stereocenters. The summed E-state index contributed by atoms with van der Waals surface area (Å²) >= 11 is 5.87. The molecule has 1 aliphatic rings. The van der Waals surface area contributed by atoms with Crippen LogP contribution in [0, 0.1) is 5.92 Å². The van der Waals surface area contributed by atoms with Gasteiger partial charge in [-0.3, -0.25) is 0 Å². The van der Waals surface area contributed by atoms with Crippen LogP contribution in [0.3, 0.4) is 0 Å². The number of rotatable bonds is 4. The second-order valence-corrected chi connectivity index (χ2v) is 5.34. The zero-order valence-corrected chi connectivity index (χ0v) is 11.4. The minimum Gasteiger partial charge on any atom is -0.370 e. The molecule has 0 spiro atoms. The van der Waals surface area contributed by atoms with E-state index in [-0.39, 0.29) is 0 Å². The maximum absolute atomic E-state index is 5.87. The van der Waals surface area contributed by atoms with Crippen molar-refractivity contribution in [3.05, 3.63) is 47.1 Å². The summed E-state index contributed by atoms with van der Waals surface area (Å²) < 4.78 is 2.03. The van der Waals surface area contributed by atoms with E-state index in [1.54, 1.807) is 0 Å². The standard InChI is InChI=1S/C14H17ClN4/c15-13-3-1-11(2-4-13)7-16-8-12-9-17-14-5-6-18-19(14)10-12/h1-6,12,16-17H,7-10H2/t12-/m0/s1. The van der Waals surface area contributed by atoms with Gasteiger partial charge in [0.2, 0.25) is 0 Å². The highest BCUT2D eigenvalue weighted by molar-refractivity contribution is 6.30. The number of halogens is 1. The third-order valence-electron chi connectivity index (χ3n) is 3.39. The molecule has 0 bridgehead atoms. The zero-order valence-electron chi connectivity index (χ0n) is 10.6. The average Bonchev–Trinajstić information content (AvgIpc) is 2.88. The van der Waals surface area contributed by atoms with Crippen molar-refractivity contribution in [1.82, 2.24) is 15.1 Å². The van der Waals surface area contributed by atoms with Gasteiger partial charge in [-0.25, -0.2) is 4.68 Å². The first-order valence-corrected chi connectivity index (χ1v) is 6.90. The van der Waals surface area contributed by atoms with E-state index in [1.165, 1.54) is 5.56 Å². The van der Waals surface area contributed by atoms with Gasteiger partial charge < -0.3 is 10.6 Å². The summed E-state index contributed by atoms with van der Waals surface area (Å²) in [5, 5.41) is 12.0. The Kier molecular flexibility index (Phi) is 3.71. The number of fused-ring (bicyclic) bond motifs is 1. The highest BCUT2D eigenvalue weighted by atomic mass is 35.5. The first-order valence-electron chi connectivity index (χ1n) is 6.52. The predicted octanol–water partition coefficient (Wildman–Crippen LogP) is 2.37. The molecule has 5 heteroatoms. The molecule has 19 heavy (non-hydrogen) atoms. The van der Waals surface area contributed by atoms with Crippen LogP contribution in [0.15, 0.2) is 36.5 Å². The SMILES string of the molecule is Clc1ccc(CNC[C@H]2CNc3ccnn3C2)cc1. The first-order chi connectivity index (χ1) is 9.31. The number of hydrogen-bond acceptors (Lipinski definition) is 3. The van der Waals surface area contributed by atoms with E-state index in [2.05, 4.69) is 27.9 Å². The molecule has 1 aliphatic heterocycles. The van der Waals surface area contributed by atoms with Crippen LogP contribution < -0.4 is 10.6 Å². The van der Waals surface area contributed by atoms with Gasteiger partial charge >= 0.3 is 0 Å². The lowest BCUT2D eigenvalue weighted by Gasteiger charge is -2.25. The van der Waals surface area contributed by atoms with E-state index in [0.717, 1.165) is 37.0 Å². The quantitative estimate of drug-likeness (QED) is 0.901. The summed E-state index contributed by atoms with van der Waals surface area (Å²) in [6.07, 6.45) is 1.84. The van der Waals surface area contributed by atoms with Crippen LogP contribution in [0.4, 0.5) is 5.82 Å². The van der Waals surface area contributed by atoms with Crippen LogP contribution in [-0.2, 0) is 13.1 Å². The smallest absolute Gasteiger partial charge is 0.124 e. The molecule has 4 nitrogen and oxygen atoms in total. The van der Waals surface area contributed by atoms with Crippen molar-refractivity contribution in [3.8, 4) is 0 Å². The maximum Gasteiger partial charge on any atom is 0.124 e. The van der Waals surface area contributed by atoms with E-state index in [9.17, 15) is 0 Å². The molecule has 0 aliphatic carbocycles. The molecule has 0 radical (unpaired) electrons. The van der Waals surface area contributed by atoms with Crippen molar-refractivity contribution in [3.63, 3.8) is 0 Å². The van der Waals surface area contributed by atoms with Crippen LogP contribution >= 0.6 is 11.6 Å². The van der Waals surface area contributed by atoms with Crippen molar-refractivity contribution in [2.45, 2.75) is 13.1 Å². The molecule has 0 saturated heterocycles. The van der Waals surface area contributed by atoms with Gasteiger partial charge in [0, 0.05) is 43.2 Å². The molecule has 2 N–H and O–H groups in total. The summed E-state index contributed by atoms with van der Waals surface area (Å²) in [5.74, 6) is 1.69. The van der Waals surface area contributed by atoms with Crippen LogP contribution in [0.2, 0.25) is 5.02 Å². The van der Waals surface area contributed by atoms with Gasteiger partial charge in [0.25, 0.3) is 0 Å². The van der Waals surface area contributed by atoms with Gasteiger partial charge in [-0.2, -0.15) is 5.10 Å². The second kappa shape index (κ2) is 5.63. The van der Waals surface area contributed by atoms with Crippen molar-refractivity contribution in [2.24, 2.45) is 5.92 Å². The zero-order chi connectivity index (χ0) is 13.1. The normalized spacial score (nSPS) is 17.8. The summed E-state index contributed by atoms with van der Waals surface area (Å²) in [4.78, 5) is 0. The van der Waals surface area contributed by atoms with Crippen LogP contribution in [-0.4, -0.2) is 22.9 Å². The second-order valence-electron chi connectivity index (χ2n) is 4.90. The fourth-order valence-corrected chi connectivity index (χ4v) is 2.47. The van der Waals surface area contributed by atoms with E-state index in [0.29, 0.717) is 5.92 Å². The maximum atomic E-state index is 5.87. The monoisotopic (exact) mass is 276 g/mol. The fraction of sp³-hybridized carbons (Fsp3) is 0.357. The Bertz CT molecular complexity index is 535. The molecule has 3 rings (SSSR count). The Morgan fingerprint density at radius 2 is 2.16 bits per heavy atom. The summed E-state index contributed by atoms with van der Waals surface area (Å²) in [6.45, 7) is 3.83. The number of anilines is 1. The number of nitrogens with one attached hydrogen (secondary N) is 2. The minimum atomic E-state index is 0.569. The number of nitrogens with zero attached hydrogens (tertiary/aromatic N) is 2. The van der Waals surface area contributed by atoms with E-state index < -0.39 is 0 Å². The molecular formula is C14H17ClN4. The fourth-order valence-electron chi connectivity index (χ4n) is 2.35. The number of benzene rings is 1. The van der Waals surface area contributed by atoms with Crippen molar-refractivity contribution in [2.75, 3.05) is 18.4 Å². The van der Waals surface area contributed by atoms with Crippen LogP contribution in [0.25, 0.3) is 0 Å². The predicted molar refractivity (Wildman–Crippen MR) is 77.4 cm³/mol. The Morgan fingerprint density at radius 3 is 3.00 bits per heavy atom. The summed E-state index contributed by atoms with van der Waals surface area (Å²) in [6, 6.07) is 9.98. The molecule has 1 aromatic heterocycles. The van der Waals surface area contributed by atoms with Crippen LogP contribution in [0.1, 0.15) is 5.56 Å². The third kappa shape index (κ3) is 3.08. The molecule has 2 aromatic rings. The molecule has 0 saturated carbocycles. The summed E-state index contributed by atoms with van der Waals surface area (Å²) in [7, 11) is 0. The van der Waals surface area contributed by atoms with Gasteiger partial charge in [-0.1, -0.05) is 23.7 Å². The van der Waals surface area contributed by atoms with Crippen molar-refractivity contribution in [1.29, 1.82) is 0 Å². The largest absolute Gasteiger partial charge is 0.370 e. The molecule has 1 atom stereocenters. The van der Waals surface area contributed by atoms with Gasteiger partial charge in [0.1, 0.15) is 5.82 Å². The van der Waals surface area contributed by atoms with E-state index >= 15 is 0 Å². The lowest BCUT2D eigenvalue weighted by atomic mass is 10.1. The topological polar surface area (TPSA) is 41.9 Å². The molecule has 1 aromatic carbocycles. The van der Waals surface area contributed by atoms with Gasteiger partial charge in [0.05, 0.1) is 6.20 Å². The highest BCUT2D eigenvalue weighted by Gasteiger charge is 2.17. The van der Waals surface area contributed by atoms with Gasteiger partial charge in [0.15, 0.2) is 0 Å². The Balaban J connectivity index is 1.47. The number of hydrogen-bond donors (Lipinski definition) is 2. The molecule has 100 valence electrons. The minimum absolute atomic E-state index is 0.569. The molecule has 2 heterocycles. The Labute approximate surface area is 117 Å².